The van der Waals surface area contributed by atoms with Crippen molar-refractivity contribution in [1.29, 1.82) is 0 Å². The summed E-state index contributed by atoms with van der Waals surface area (Å²) in [6.07, 6.45) is 0. The zero-order chi connectivity index (χ0) is 19.3. The zero-order valence-electron chi connectivity index (χ0n) is 14.6. The highest BCUT2D eigenvalue weighted by molar-refractivity contribution is 9.10. The van der Waals surface area contributed by atoms with Gasteiger partial charge in [0, 0.05) is 36.0 Å². The molecule has 0 spiro atoms. The van der Waals surface area contributed by atoms with Crippen LogP contribution in [-0.2, 0) is 16.1 Å². The van der Waals surface area contributed by atoms with Crippen LogP contribution in [0, 0.1) is 24.0 Å². The van der Waals surface area contributed by atoms with Gasteiger partial charge in [-0.3, -0.25) is 14.9 Å². The van der Waals surface area contributed by atoms with Crippen molar-refractivity contribution in [2.45, 2.75) is 25.5 Å². The van der Waals surface area contributed by atoms with Crippen LogP contribution in [0.4, 0.5) is 11.4 Å². The Labute approximate surface area is 163 Å². The summed E-state index contributed by atoms with van der Waals surface area (Å²) in [7, 11) is 1.64. The van der Waals surface area contributed by atoms with Gasteiger partial charge < -0.3 is 14.6 Å². The molecule has 0 atom stereocenters. The van der Waals surface area contributed by atoms with E-state index in [9.17, 15) is 14.9 Å². The minimum absolute atomic E-state index is 0.0460. The van der Waals surface area contributed by atoms with Gasteiger partial charge in [-0.1, -0.05) is 11.8 Å². The van der Waals surface area contributed by atoms with Gasteiger partial charge in [-0.2, -0.15) is 0 Å². The summed E-state index contributed by atoms with van der Waals surface area (Å²) in [5, 5.41) is 14.3. The van der Waals surface area contributed by atoms with E-state index in [2.05, 4.69) is 26.2 Å². The maximum atomic E-state index is 12.2. The van der Waals surface area contributed by atoms with Gasteiger partial charge >= 0.3 is 0 Å². The number of hydrogen-bond donors (Lipinski definition) is 1. The standard InChI is InChI=1S/C16H19BrN4O4S/c1-10-11(2)20(6-7-25-3)16(18-10)26-9-15(22)19-14-5-4-12(21(23)24)8-13(14)17/h4-5,8H,6-7,9H2,1-3H3,(H,19,22). The molecule has 0 radical (unpaired) electrons. The van der Waals surface area contributed by atoms with Gasteiger partial charge in [0.05, 0.1) is 28.7 Å². The van der Waals surface area contributed by atoms with E-state index < -0.39 is 4.92 Å². The summed E-state index contributed by atoms with van der Waals surface area (Å²) in [5.74, 6) is -0.0482. The van der Waals surface area contributed by atoms with Gasteiger partial charge in [-0.05, 0) is 35.8 Å². The predicted molar refractivity (Wildman–Crippen MR) is 104 cm³/mol. The highest BCUT2D eigenvalue weighted by Gasteiger charge is 2.15. The molecule has 1 N–H and O–H groups in total. The normalized spacial score (nSPS) is 10.8. The molecule has 0 saturated heterocycles. The number of hydrogen-bond acceptors (Lipinski definition) is 6. The molecule has 0 fully saturated rings. The summed E-state index contributed by atoms with van der Waals surface area (Å²) in [4.78, 5) is 27.0. The second kappa shape index (κ2) is 9.15. The van der Waals surface area contributed by atoms with Gasteiger partial charge in [-0.15, -0.1) is 0 Å². The van der Waals surface area contributed by atoms with E-state index in [0.29, 0.717) is 23.3 Å². The second-order valence-electron chi connectivity index (χ2n) is 5.47. The first-order valence-corrected chi connectivity index (χ1v) is 9.50. The molecule has 1 aromatic carbocycles. The number of methoxy groups -OCH3 is 1. The minimum Gasteiger partial charge on any atom is -0.383 e. The Hall–Kier alpha value is -1.91. The van der Waals surface area contributed by atoms with Crippen LogP contribution >= 0.6 is 27.7 Å². The molecule has 26 heavy (non-hydrogen) atoms. The van der Waals surface area contributed by atoms with E-state index in [-0.39, 0.29) is 17.3 Å². The molecule has 8 nitrogen and oxygen atoms in total. The first kappa shape index (κ1) is 20.4. The van der Waals surface area contributed by atoms with E-state index in [1.54, 1.807) is 7.11 Å². The number of nitro groups is 1. The van der Waals surface area contributed by atoms with Gasteiger partial charge in [0.2, 0.25) is 5.91 Å². The van der Waals surface area contributed by atoms with E-state index in [1.165, 1.54) is 30.0 Å². The number of nitrogens with one attached hydrogen (secondary N) is 1. The fourth-order valence-corrected chi connectivity index (χ4v) is 3.60. The number of carbonyl (C=O) groups excluding carboxylic acids is 1. The summed E-state index contributed by atoms with van der Waals surface area (Å²) < 4.78 is 7.60. The van der Waals surface area contributed by atoms with Crippen LogP contribution in [0.15, 0.2) is 27.8 Å². The summed E-state index contributed by atoms with van der Waals surface area (Å²) in [5.41, 5.74) is 2.40. The van der Waals surface area contributed by atoms with Crippen molar-refractivity contribution in [2.75, 3.05) is 24.8 Å². The number of ether oxygens (including phenoxy) is 1. The van der Waals surface area contributed by atoms with Crippen molar-refractivity contribution in [3.05, 3.63) is 44.2 Å². The molecule has 2 rings (SSSR count). The average molecular weight is 443 g/mol. The summed E-state index contributed by atoms with van der Waals surface area (Å²) in [6.45, 7) is 5.14. The number of thioether (sulfide) groups is 1. The molecule has 2 aromatic rings. The van der Waals surface area contributed by atoms with E-state index in [0.717, 1.165) is 16.5 Å². The van der Waals surface area contributed by atoms with E-state index in [4.69, 9.17) is 4.74 Å². The van der Waals surface area contributed by atoms with Crippen molar-refractivity contribution in [2.24, 2.45) is 0 Å². The number of carbonyl (C=O) groups is 1. The smallest absolute Gasteiger partial charge is 0.270 e. The zero-order valence-corrected chi connectivity index (χ0v) is 17.0. The minimum atomic E-state index is -0.489. The SMILES string of the molecule is COCCn1c(SCC(=O)Nc2ccc([N+](=O)[O-])cc2Br)nc(C)c1C. The molecule has 0 aliphatic heterocycles. The first-order chi connectivity index (χ1) is 12.3. The van der Waals surface area contributed by atoms with Crippen LogP contribution in [0.2, 0.25) is 0 Å². The number of benzene rings is 1. The Kier molecular flexibility index (Phi) is 7.18. The van der Waals surface area contributed by atoms with E-state index in [1.807, 2.05) is 18.4 Å². The number of amides is 1. The maximum Gasteiger partial charge on any atom is 0.270 e. The Morgan fingerprint density at radius 2 is 2.19 bits per heavy atom. The molecule has 1 aromatic heterocycles. The Bertz CT molecular complexity index is 825. The quantitative estimate of drug-likeness (QED) is 0.381. The van der Waals surface area contributed by atoms with Crippen LogP contribution in [0.1, 0.15) is 11.4 Å². The molecule has 140 valence electrons. The Morgan fingerprint density at radius 3 is 2.81 bits per heavy atom. The van der Waals surface area contributed by atoms with Crippen molar-refractivity contribution in [3.63, 3.8) is 0 Å². The number of rotatable bonds is 8. The molecule has 0 bridgehead atoms. The van der Waals surface area contributed by atoms with Crippen LogP contribution in [0.25, 0.3) is 0 Å². The van der Waals surface area contributed by atoms with Crippen molar-refractivity contribution in [1.82, 2.24) is 9.55 Å². The molecule has 0 aliphatic rings. The highest BCUT2D eigenvalue weighted by atomic mass is 79.9. The number of non-ortho nitro benzene ring substituents is 1. The van der Waals surface area contributed by atoms with Gasteiger partial charge in [0.25, 0.3) is 5.69 Å². The molecule has 0 unspecified atom stereocenters. The second-order valence-corrected chi connectivity index (χ2v) is 7.26. The number of halogens is 1. The van der Waals surface area contributed by atoms with Crippen LogP contribution in [0.3, 0.4) is 0 Å². The van der Waals surface area contributed by atoms with E-state index >= 15 is 0 Å². The molecular formula is C16H19BrN4O4S. The lowest BCUT2D eigenvalue weighted by Gasteiger charge is -2.10. The fraction of sp³-hybridized carbons (Fsp3) is 0.375. The lowest BCUT2D eigenvalue weighted by atomic mass is 10.3. The molecule has 1 amide bonds. The molecule has 10 heteroatoms. The van der Waals surface area contributed by atoms with Crippen molar-refractivity contribution < 1.29 is 14.5 Å². The highest BCUT2D eigenvalue weighted by Crippen LogP contribution is 2.28. The lowest BCUT2D eigenvalue weighted by molar-refractivity contribution is -0.384. The number of nitro benzene ring substituents is 1. The van der Waals surface area contributed by atoms with Crippen molar-refractivity contribution in [3.8, 4) is 0 Å². The van der Waals surface area contributed by atoms with Crippen molar-refractivity contribution >= 4 is 45.0 Å². The Morgan fingerprint density at radius 1 is 1.46 bits per heavy atom. The number of aryl methyl sites for hydroxylation is 1. The first-order valence-electron chi connectivity index (χ1n) is 7.72. The van der Waals surface area contributed by atoms with Gasteiger partial charge in [-0.25, -0.2) is 4.98 Å². The molecule has 1 heterocycles. The van der Waals surface area contributed by atoms with Gasteiger partial charge in [0.1, 0.15) is 0 Å². The topological polar surface area (TPSA) is 99.3 Å². The monoisotopic (exact) mass is 442 g/mol. The van der Waals surface area contributed by atoms with Gasteiger partial charge in [0.15, 0.2) is 5.16 Å². The van der Waals surface area contributed by atoms with Crippen LogP contribution in [0.5, 0.6) is 0 Å². The number of aromatic nitrogens is 2. The maximum absolute atomic E-state index is 12.2. The third kappa shape index (κ3) is 5.05. The number of nitrogens with zero attached hydrogens (tertiary/aromatic N) is 3. The average Bonchev–Trinajstić information content (AvgIpc) is 2.87. The Balaban J connectivity index is 2.01. The summed E-state index contributed by atoms with van der Waals surface area (Å²) >= 11 is 4.57. The van der Waals surface area contributed by atoms with Crippen LogP contribution < -0.4 is 5.32 Å². The molecule has 0 aliphatic carbocycles. The predicted octanol–water partition coefficient (Wildman–Crippen LogP) is 3.55. The van der Waals surface area contributed by atoms with Crippen LogP contribution in [-0.4, -0.2) is 39.9 Å². The largest absolute Gasteiger partial charge is 0.383 e. The number of imidazole rings is 1. The molecule has 0 saturated carbocycles. The fourth-order valence-electron chi connectivity index (χ4n) is 2.21. The molecular weight excluding hydrogens is 424 g/mol. The third-order valence-electron chi connectivity index (χ3n) is 3.71. The lowest BCUT2D eigenvalue weighted by Crippen LogP contribution is -2.15. The third-order valence-corrected chi connectivity index (χ3v) is 5.34. The summed E-state index contributed by atoms with van der Waals surface area (Å²) in [6, 6.07) is 4.20. The number of anilines is 1.